The maximum absolute atomic E-state index is 12.7. The molecule has 13 N–H and O–H groups in total. The first-order chi connectivity index (χ1) is 39.6. The zero-order valence-electron chi connectivity index (χ0n) is 56.7. The third-order valence-electron chi connectivity index (χ3n) is 16.6. The summed E-state index contributed by atoms with van der Waals surface area (Å²) in [5, 5.41) is 37.3. The van der Waals surface area contributed by atoms with Gasteiger partial charge in [-0.15, -0.1) is 0 Å². The van der Waals surface area contributed by atoms with E-state index >= 15 is 0 Å². The van der Waals surface area contributed by atoms with Crippen molar-refractivity contribution in [3.8, 4) is 0 Å². The van der Waals surface area contributed by atoms with E-state index in [1.54, 1.807) is 41.5 Å². The summed E-state index contributed by atoms with van der Waals surface area (Å²) in [6, 6.07) is 0. The first kappa shape index (κ1) is 83.8. The largest absolute Gasteiger partial charge is 0.488 e. The van der Waals surface area contributed by atoms with Crippen molar-refractivity contribution in [3.63, 3.8) is 0 Å². The number of aliphatic hydroxyl groups is 3. The number of hydrogen-bond acceptors (Lipinski definition) is 29. The van der Waals surface area contributed by atoms with Gasteiger partial charge in [-0.3, -0.25) is 14.4 Å². The summed E-state index contributed by atoms with van der Waals surface area (Å²) in [4.78, 5) is 153. The molecule has 0 aromatic rings. The number of ketones is 3. The third-order valence-corrected chi connectivity index (χ3v) is 49.2. The van der Waals surface area contributed by atoms with Crippen molar-refractivity contribution >= 4 is 114 Å². The van der Waals surface area contributed by atoms with E-state index in [4.69, 9.17) is 54.4 Å². The highest BCUT2D eigenvalue weighted by molar-refractivity contribution is 6.87. The average molecular weight is 1480 g/mol. The molecule has 90 heavy (non-hydrogen) atoms. The van der Waals surface area contributed by atoms with Crippen LogP contribution in [0.15, 0.2) is 36.5 Å². The first-order valence-electron chi connectivity index (χ1n) is 29.7. The van der Waals surface area contributed by atoms with E-state index in [9.17, 15) is 77.7 Å². The first-order valence-corrected chi connectivity index (χ1v) is 54.5. The van der Waals surface area contributed by atoms with Gasteiger partial charge in [0.2, 0.25) is 0 Å². The second-order valence-corrected chi connectivity index (χ2v) is 56.7. The Morgan fingerprint density at radius 2 is 0.511 bits per heavy atom. The zero-order chi connectivity index (χ0) is 70.5. The molecule has 0 heterocycles. The van der Waals surface area contributed by atoms with Crippen LogP contribution in [0, 0.1) is 16.2 Å². The summed E-state index contributed by atoms with van der Waals surface area (Å²) < 4.78 is 78.2. The molecule has 3 fully saturated rings. The van der Waals surface area contributed by atoms with Gasteiger partial charge in [-0.2, -0.15) is 0 Å². The summed E-state index contributed by atoms with van der Waals surface area (Å²) in [5.74, 6) is -1.19. The number of rotatable bonds is 32. The van der Waals surface area contributed by atoms with Crippen molar-refractivity contribution in [2.75, 3.05) is 0 Å². The van der Waals surface area contributed by atoms with Gasteiger partial charge in [-0.05, 0) is 152 Å². The third kappa shape index (κ3) is 21.8. The molecule has 0 spiro atoms. The molecule has 0 amide bonds. The van der Waals surface area contributed by atoms with Crippen LogP contribution in [0.2, 0.25) is 72.0 Å². The van der Waals surface area contributed by atoms with Crippen LogP contribution < -0.4 is 0 Å². The molecular formula is C50H106O29Si11. The Kier molecular flexibility index (Phi) is 25.8. The topological polar surface area (TPSA) is 434 Å². The van der Waals surface area contributed by atoms with E-state index in [2.05, 4.69) is 0 Å². The Balaban J connectivity index is 2.05. The molecule has 40 heteroatoms. The fraction of sp³-hybridized carbons (Fsp3) is 0.820. The van der Waals surface area contributed by atoms with Gasteiger partial charge < -0.3 is 118 Å². The molecule has 0 aromatic heterocycles. The van der Waals surface area contributed by atoms with Crippen molar-refractivity contribution in [1.29, 1.82) is 0 Å². The van der Waals surface area contributed by atoms with Gasteiger partial charge in [-0.25, -0.2) is 0 Å². The summed E-state index contributed by atoms with van der Waals surface area (Å²) in [5.41, 5.74) is -13.9. The second-order valence-electron chi connectivity index (χ2n) is 28.2. The minimum Gasteiger partial charge on any atom is -0.391 e. The van der Waals surface area contributed by atoms with Gasteiger partial charge >= 0.3 is 96.8 Å². The van der Waals surface area contributed by atoms with Gasteiger partial charge in [-0.1, -0.05) is 41.5 Å². The van der Waals surface area contributed by atoms with Crippen molar-refractivity contribution in [2.45, 2.75) is 246 Å². The lowest BCUT2D eigenvalue weighted by molar-refractivity contribution is -0.197. The van der Waals surface area contributed by atoms with Crippen LogP contribution in [0.5, 0.6) is 0 Å². The van der Waals surface area contributed by atoms with Crippen molar-refractivity contribution in [3.05, 3.63) is 36.5 Å². The molecule has 0 aromatic carbocycles. The summed E-state index contributed by atoms with van der Waals surface area (Å²) >= 11 is 0. The smallest absolute Gasteiger partial charge is 0.391 e. The zero-order valence-corrected chi connectivity index (χ0v) is 67.7. The van der Waals surface area contributed by atoms with Crippen LogP contribution in [-0.4, -0.2) is 211 Å². The van der Waals surface area contributed by atoms with E-state index in [-0.39, 0.29) is 25.0 Å². The average Bonchev–Trinajstić information content (AvgIpc) is 0.742. The van der Waals surface area contributed by atoms with Crippen LogP contribution in [0.25, 0.3) is 0 Å². The number of carbonyl (C=O) groups is 3. The molecule has 524 valence electrons. The number of hydrogen-bond donors (Lipinski definition) is 13. The Morgan fingerprint density at radius 3 is 0.733 bits per heavy atom. The van der Waals surface area contributed by atoms with Gasteiger partial charge in [0, 0.05) is 72.0 Å². The van der Waals surface area contributed by atoms with E-state index in [0.717, 1.165) is 71.5 Å². The number of allylic oxidation sites excluding steroid dienone is 3. The van der Waals surface area contributed by atoms with Crippen LogP contribution in [-0.2, 0) is 68.8 Å². The maximum Gasteiger partial charge on any atom is 0.488 e. The summed E-state index contributed by atoms with van der Waals surface area (Å²) in [6.07, 6.45) is 10.4. The molecular weight excluding hydrogens is 1370 g/mol. The van der Waals surface area contributed by atoms with Gasteiger partial charge in [0.05, 0.1) is 16.8 Å². The molecule has 0 aliphatic heterocycles. The lowest BCUT2D eigenvalue weighted by Crippen LogP contribution is -2.72. The molecule has 0 radical (unpaired) electrons. The lowest BCUT2D eigenvalue weighted by Gasteiger charge is -2.57. The quantitative estimate of drug-likeness (QED) is 0.0340. The molecule has 0 bridgehead atoms. The van der Waals surface area contributed by atoms with E-state index in [0.29, 0.717) is 38.5 Å². The fourth-order valence-electron chi connectivity index (χ4n) is 13.2. The molecule has 3 aliphatic carbocycles. The lowest BCUT2D eigenvalue weighted by atomic mass is 9.58. The molecule has 16 atom stereocenters. The van der Waals surface area contributed by atoms with Crippen molar-refractivity contribution in [2.24, 2.45) is 16.2 Å². The Bertz CT molecular complexity index is 2650. The molecule has 3 rings (SSSR count). The van der Waals surface area contributed by atoms with Crippen LogP contribution in [0.1, 0.15) is 141 Å². The standard InChI is InChI=1S/C50H106O29Si11/c1-39(51)27-36-48(54)42(4,5)30-24-33-45(48,10)67-81(14,59)71-82(15,60)72-83(16,61)73-84(17,62)74-87(20,65)78-90(23,69-47(12)35-26-32-44(8,9)50(47,56)38-29-41(3)53)79-88(21,66)76-85(18,63)75-86(19,64)77-89(22,70-80(13,57)58)68-46(11)34-25-31-43(6,7)49(46,55)37-28-40(2)52/h27-29,36-38,54-66H,24-26,30-35H2,1-23H3. The highest BCUT2D eigenvalue weighted by Gasteiger charge is 2.68. The van der Waals surface area contributed by atoms with Gasteiger partial charge in [0.15, 0.2) is 17.3 Å². The molecule has 16 unspecified atom stereocenters. The normalized spacial score (nSPS) is 34.3. The predicted octanol–water partition coefficient (Wildman–Crippen LogP) is 2.92. The molecule has 29 nitrogen and oxygen atoms in total. The highest BCUT2D eigenvalue weighted by Crippen LogP contribution is 2.56. The Labute approximate surface area is 542 Å². The van der Waals surface area contributed by atoms with Crippen LogP contribution >= 0.6 is 0 Å². The highest BCUT2D eigenvalue weighted by atomic mass is 28.6. The van der Waals surface area contributed by atoms with Crippen molar-refractivity contribution in [1.82, 2.24) is 0 Å². The van der Waals surface area contributed by atoms with Crippen LogP contribution in [0.3, 0.4) is 0 Å². The molecule has 3 saturated carbocycles. The summed E-state index contributed by atoms with van der Waals surface area (Å²) in [6.45, 7) is 30.0. The van der Waals surface area contributed by atoms with Crippen molar-refractivity contribution < 1.29 is 132 Å². The molecule has 3 aliphatic rings. The van der Waals surface area contributed by atoms with E-state index in [1.165, 1.54) is 78.5 Å². The SMILES string of the molecule is CC(=O)C=CC1(O)C(C)(C)CCCC1(C)O[Si](C)(O)O[Si](C)(O)O[Si](C)(O)O[Si](C)(O)O[Si](C)(O)O[Si](C)(OC1(C)CCCC(C)(C)C1(O)C=CC(C)=O)O[Si](C)(O)O[Si](C)(O)O[Si](C)(O)O[Si](C)(OC1(C)CCCC(C)(C)C1(O)C=CC(C)=O)O[Si](C)(O)O. The second kappa shape index (κ2) is 27.7. The predicted molar refractivity (Wildman–Crippen MR) is 347 cm³/mol. The fourth-order valence-corrected chi connectivity index (χ4v) is 50.1. The molecule has 0 saturated heterocycles. The minimum atomic E-state index is -5.16. The monoisotopic (exact) mass is 1480 g/mol. The van der Waals surface area contributed by atoms with E-state index < -0.39 is 158 Å². The van der Waals surface area contributed by atoms with Gasteiger partial charge in [0.25, 0.3) is 0 Å². The maximum atomic E-state index is 12.7. The Hall–Kier alpha value is -0.424. The van der Waals surface area contributed by atoms with Gasteiger partial charge in [0.1, 0.15) is 16.8 Å². The summed E-state index contributed by atoms with van der Waals surface area (Å²) in [7, 11) is -54.3. The van der Waals surface area contributed by atoms with E-state index in [1.807, 2.05) is 0 Å². The number of carbonyl (C=O) groups excluding carboxylic acids is 3. The Morgan fingerprint density at radius 1 is 0.311 bits per heavy atom. The van der Waals surface area contributed by atoms with Crippen LogP contribution in [0.4, 0.5) is 0 Å². The minimum absolute atomic E-state index is 0.0153.